The van der Waals surface area contributed by atoms with Gasteiger partial charge < -0.3 is 9.55 Å². The molecule has 0 fully saturated rings. The average molecular weight is 203 g/mol. The topological polar surface area (TPSA) is 50.7 Å². The molecule has 0 amide bonds. The molecule has 0 aliphatic rings. The van der Waals surface area contributed by atoms with Crippen molar-refractivity contribution in [2.24, 2.45) is 0 Å². The van der Waals surface area contributed by atoms with Crippen LogP contribution in [0.25, 0.3) is 5.82 Å². The maximum atomic E-state index is 11.4. The number of aromatic nitrogens is 3. The molecule has 2 aromatic heterocycles. The van der Waals surface area contributed by atoms with Gasteiger partial charge in [-0.25, -0.2) is 4.98 Å². The summed E-state index contributed by atoms with van der Waals surface area (Å²) in [5, 5.41) is 0. The third-order valence-corrected chi connectivity index (χ3v) is 2.16. The Kier molecular flexibility index (Phi) is 2.41. The lowest BCUT2D eigenvalue weighted by Crippen LogP contribution is -2.14. The zero-order chi connectivity index (χ0) is 10.8. The van der Waals surface area contributed by atoms with Crippen LogP contribution in [0.2, 0.25) is 0 Å². The van der Waals surface area contributed by atoms with Gasteiger partial charge in [0.15, 0.2) is 0 Å². The minimum atomic E-state index is -0.114. The quantitative estimate of drug-likeness (QED) is 0.807. The summed E-state index contributed by atoms with van der Waals surface area (Å²) in [4.78, 5) is 18.5. The average Bonchev–Trinajstić information content (AvgIpc) is 2.69. The molecular formula is C11H13N3O. The van der Waals surface area contributed by atoms with Crippen LogP contribution in [-0.4, -0.2) is 14.5 Å². The standard InChI is InChI=1S/C11H13N3O/c1-8(2)11-12-9(7-10(15)13-11)14-5-3-4-6-14/h3-8H,1-2H3,(H,12,13,15). The van der Waals surface area contributed by atoms with Crippen molar-refractivity contribution < 1.29 is 0 Å². The first-order valence-electron chi connectivity index (χ1n) is 4.91. The molecule has 0 radical (unpaired) electrons. The van der Waals surface area contributed by atoms with E-state index in [1.54, 1.807) is 0 Å². The van der Waals surface area contributed by atoms with Crippen molar-refractivity contribution in [3.05, 3.63) is 46.8 Å². The molecule has 78 valence electrons. The molecule has 0 bridgehead atoms. The second-order valence-electron chi connectivity index (χ2n) is 3.73. The van der Waals surface area contributed by atoms with Crippen molar-refractivity contribution in [3.8, 4) is 5.82 Å². The molecular weight excluding hydrogens is 190 g/mol. The first-order valence-corrected chi connectivity index (χ1v) is 4.91. The molecule has 0 aliphatic heterocycles. The summed E-state index contributed by atoms with van der Waals surface area (Å²) in [5.41, 5.74) is -0.114. The lowest BCUT2D eigenvalue weighted by Gasteiger charge is -2.07. The van der Waals surface area contributed by atoms with Crippen LogP contribution in [-0.2, 0) is 0 Å². The largest absolute Gasteiger partial charge is 0.310 e. The zero-order valence-corrected chi connectivity index (χ0v) is 8.77. The highest BCUT2D eigenvalue weighted by molar-refractivity contribution is 5.22. The molecule has 0 aliphatic carbocycles. The SMILES string of the molecule is CC(C)c1nc(-n2cccc2)cc(=O)[nH]1. The molecule has 0 saturated heterocycles. The molecule has 0 saturated carbocycles. The van der Waals surface area contributed by atoms with Crippen LogP contribution in [0.3, 0.4) is 0 Å². The zero-order valence-electron chi connectivity index (χ0n) is 8.77. The van der Waals surface area contributed by atoms with Gasteiger partial charge in [0.1, 0.15) is 11.6 Å². The molecule has 15 heavy (non-hydrogen) atoms. The van der Waals surface area contributed by atoms with Crippen LogP contribution in [0.5, 0.6) is 0 Å². The van der Waals surface area contributed by atoms with Crippen molar-refractivity contribution in [1.82, 2.24) is 14.5 Å². The van der Waals surface area contributed by atoms with E-state index < -0.39 is 0 Å². The van der Waals surface area contributed by atoms with E-state index in [0.717, 1.165) is 0 Å². The molecule has 0 atom stereocenters. The minimum absolute atomic E-state index is 0.114. The molecule has 1 N–H and O–H groups in total. The van der Waals surface area contributed by atoms with Crippen molar-refractivity contribution in [3.63, 3.8) is 0 Å². The first kappa shape index (κ1) is 9.71. The predicted molar refractivity (Wildman–Crippen MR) is 58.3 cm³/mol. The van der Waals surface area contributed by atoms with Crippen LogP contribution in [0.15, 0.2) is 35.4 Å². The van der Waals surface area contributed by atoms with Gasteiger partial charge in [0.25, 0.3) is 5.56 Å². The summed E-state index contributed by atoms with van der Waals surface area (Å²) in [5.74, 6) is 1.59. The monoisotopic (exact) mass is 203 g/mol. The van der Waals surface area contributed by atoms with Gasteiger partial charge in [-0.2, -0.15) is 0 Å². The van der Waals surface area contributed by atoms with E-state index >= 15 is 0 Å². The summed E-state index contributed by atoms with van der Waals surface area (Å²) < 4.78 is 1.82. The van der Waals surface area contributed by atoms with Crippen LogP contribution in [0.4, 0.5) is 0 Å². The molecule has 0 aromatic carbocycles. The number of nitrogens with zero attached hydrogens (tertiary/aromatic N) is 2. The maximum absolute atomic E-state index is 11.4. The fraction of sp³-hybridized carbons (Fsp3) is 0.273. The Morgan fingerprint density at radius 1 is 1.33 bits per heavy atom. The summed E-state index contributed by atoms with van der Waals surface area (Å²) in [6.07, 6.45) is 3.73. The number of aromatic amines is 1. The third kappa shape index (κ3) is 1.98. The van der Waals surface area contributed by atoms with Gasteiger partial charge in [-0.1, -0.05) is 13.8 Å². The van der Waals surface area contributed by atoms with E-state index in [0.29, 0.717) is 11.6 Å². The minimum Gasteiger partial charge on any atom is -0.310 e. The van der Waals surface area contributed by atoms with Crippen LogP contribution >= 0.6 is 0 Å². The number of hydrogen-bond donors (Lipinski definition) is 1. The summed E-state index contributed by atoms with van der Waals surface area (Å²) >= 11 is 0. The lowest BCUT2D eigenvalue weighted by molar-refractivity contribution is 0.754. The van der Waals surface area contributed by atoms with E-state index in [1.165, 1.54) is 6.07 Å². The van der Waals surface area contributed by atoms with Gasteiger partial charge in [-0.3, -0.25) is 4.79 Å². The van der Waals surface area contributed by atoms with Gasteiger partial charge in [-0.15, -0.1) is 0 Å². The van der Waals surface area contributed by atoms with Gasteiger partial charge in [0.2, 0.25) is 0 Å². The molecule has 2 heterocycles. The molecule has 4 nitrogen and oxygen atoms in total. The fourth-order valence-corrected chi connectivity index (χ4v) is 1.36. The van der Waals surface area contributed by atoms with Crippen molar-refractivity contribution >= 4 is 0 Å². The molecule has 0 spiro atoms. The Bertz CT molecular complexity index is 497. The number of nitrogens with one attached hydrogen (secondary N) is 1. The second kappa shape index (κ2) is 3.73. The predicted octanol–water partition coefficient (Wildman–Crippen LogP) is 1.68. The Balaban J connectivity index is 2.54. The van der Waals surface area contributed by atoms with Crippen molar-refractivity contribution in [2.45, 2.75) is 19.8 Å². The number of hydrogen-bond acceptors (Lipinski definition) is 2. The Morgan fingerprint density at radius 3 is 2.60 bits per heavy atom. The van der Waals surface area contributed by atoms with Crippen molar-refractivity contribution in [1.29, 1.82) is 0 Å². The van der Waals surface area contributed by atoms with E-state index in [2.05, 4.69) is 9.97 Å². The van der Waals surface area contributed by atoms with E-state index in [9.17, 15) is 4.79 Å². The number of H-pyrrole nitrogens is 1. The molecule has 0 unspecified atom stereocenters. The maximum Gasteiger partial charge on any atom is 0.253 e. The highest BCUT2D eigenvalue weighted by atomic mass is 16.1. The van der Waals surface area contributed by atoms with Crippen LogP contribution in [0, 0.1) is 0 Å². The molecule has 2 aromatic rings. The summed E-state index contributed by atoms with van der Waals surface area (Å²) in [6, 6.07) is 5.29. The van der Waals surface area contributed by atoms with E-state index in [1.807, 2.05) is 42.9 Å². The highest BCUT2D eigenvalue weighted by Crippen LogP contribution is 2.09. The lowest BCUT2D eigenvalue weighted by atomic mass is 10.2. The van der Waals surface area contributed by atoms with Gasteiger partial charge in [0, 0.05) is 24.4 Å². The Labute approximate surface area is 87.6 Å². The smallest absolute Gasteiger partial charge is 0.253 e. The Morgan fingerprint density at radius 2 is 2.00 bits per heavy atom. The van der Waals surface area contributed by atoms with Gasteiger partial charge in [-0.05, 0) is 12.1 Å². The fourth-order valence-electron chi connectivity index (χ4n) is 1.36. The highest BCUT2D eigenvalue weighted by Gasteiger charge is 2.05. The third-order valence-electron chi connectivity index (χ3n) is 2.16. The van der Waals surface area contributed by atoms with Crippen LogP contribution < -0.4 is 5.56 Å². The van der Waals surface area contributed by atoms with Gasteiger partial charge >= 0.3 is 0 Å². The summed E-state index contributed by atoms with van der Waals surface area (Å²) in [7, 11) is 0. The van der Waals surface area contributed by atoms with Crippen molar-refractivity contribution in [2.75, 3.05) is 0 Å². The molecule has 4 heteroatoms. The number of rotatable bonds is 2. The first-order chi connectivity index (χ1) is 7.16. The Hall–Kier alpha value is -1.84. The second-order valence-corrected chi connectivity index (χ2v) is 3.73. The normalized spacial score (nSPS) is 10.9. The van der Waals surface area contributed by atoms with Gasteiger partial charge in [0.05, 0.1) is 0 Å². The molecule has 2 rings (SSSR count). The van der Waals surface area contributed by atoms with E-state index in [4.69, 9.17) is 0 Å². The van der Waals surface area contributed by atoms with Crippen LogP contribution in [0.1, 0.15) is 25.6 Å². The van der Waals surface area contributed by atoms with E-state index in [-0.39, 0.29) is 11.5 Å². The summed E-state index contributed by atoms with van der Waals surface area (Å²) in [6.45, 7) is 4.00.